The van der Waals surface area contributed by atoms with Crippen LogP contribution in [-0.2, 0) is 9.47 Å². The van der Waals surface area contributed by atoms with Gasteiger partial charge in [0.1, 0.15) is 5.60 Å². The number of carbonyl (C=O) groups excluding carboxylic acids is 1. The lowest BCUT2D eigenvalue weighted by Crippen LogP contribution is -2.53. The predicted molar refractivity (Wildman–Crippen MR) is 119 cm³/mol. The summed E-state index contributed by atoms with van der Waals surface area (Å²) in [4.78, 5) is 18.6. The van der Waals surface area contributed by atoms with Crippen LogP contribution in [0.5, 0.6) is 0 Å². The standard InChI is InChI=1S/C23H27F2N5O3/c1-23(2,3)33-22(31)29-11-9-18(19(13-29)32-4)26-21-27-20-15(6-5-10-30(20)28-21)14-7-8-16(24)17(25)12-14/h5-8,10,12,18-19H,9,11,13H2,1-4H3,(H,26,28). The molecule has 1 N–H and O–H groups in total. The van der Waals surface area contributed by atoms with Gasteiger partial charge >= 0.3 is 6.09 Å². The van der Waals surface area contributed by atoms with Gasteiger partial charge in [0.15, 0.2) is 17.3 Å². The Morgan fingerprint density at radius 3 is 2.70 bits per heavy atom. The highest BCUT2D eigenvalue weighted by atomic mass is 19.2. The fourth-order valence-corrected chi connectivity index (χ4v) is 3.83. The average Bonchev–Trinajstić information content (AvgIpc) is 3.17. The summed E-state index contributed by atoms with van der Waals surface area (Å²) in [5.74, 6) is -1.45. The van der Waals surface area contributed by atoms with E-state index in [4.69, 9.17) is 9.47 Å². The third-order valence-corrected chi connectivity index (χ3v) is 5.42. The van der Waals surface area contributed by atoms with Gasteiger partial charge in [-0.3, -0.25) is 0 Å². The van der Waals surface area contributed by atoms with Crippen molar-refractivity contribution in [1.82, 2.24) is 19.5 Å². The quantitative estimate of drug-likeness (QED) is 0.633. The maximum atomic E-state index is 13.8. The Kier molecular flexibility index (Phi) is 6.20. The fourth-order valence-electron chi connectivity index (χ4n) is 3.83. The minimum atomic E-state index is -0.924. The Hall–Kier alpha value is -3.27. The van der Waals surface area contributed by atoms with Crippen molar-refractivity contribution in [3.05, 3.63) is 48.2 Å². The van der Waals surface area contributed by atoms with E-state index in [0.717, 1.165) is 12.1 Å². The van der Waals surface area contributed by atoms with Crippen molar-refractivity contribution in [2.45, 2.75) is 44.9 Å². The van der Waals surface area contributed by atoms with Gasteiger partial charge in [-0.2, -0.15) is 4.98 Å². The van der Waals surface area contributed by atoms with Crippen molar-refractivity contribution >= 4 is 17.7 Å². The van der Waals surface area contributed by atoms with Gasteiger partial charge in [-0.05, 0) is 57.0 Å². The third-order valence-electron chi connectivity index (χ3n) is 5.42. The molecule has 1 amide bonds. The topological polar surface area (TPSA) is 81.0 Å². The van der Waals surface area contributed by atoms with Crippen LogP contribution in [-0.4, -0.2) is 63.5 Å². The highest BCUT2D eigenvalue weighted by Crippen LogP contribution is 2.26. The molecule has 33 heavy (non-hydrogen) atoms. The number of halogens is 2. The number of ether oxygens (including phenoxy) is 2. The lowest BCUT2D eigenvalue weighted by Gasteiger charge is -2.38. The highest BCUT2D eigenvalue weighted by molar-refractivity contribution is 5.77. The number of anilines is 1. The second kappa shape index (κ2) is 8.93. The summed E-state index contributed by atoms with van der Waals surface area (Å²) >= 11 is 0. The molecule has 8 nitrogen and oxygen atoms in total. The van der Waals surface area contributed by atoms with Crippen molar-refractivity contribution < 1.29 is 23.0 Å². The number of fused-ring (bicyclic) bond motifs is 1. The minimum absolute atomic E-state index is 0.127. The second-order valence-electron chi connectivity index (χ2n) is 8.99. The zero-order valence-electron chi connectivity index (χ0n) is 19.0. The van der Waals surface area contributed by atoms with Crippen LogP contribution < -0.4 is 5.32 Å². The number of methoxy groups -OCH3 is 1. The number of likely N-dealkylation sites (tertiary alicyclic amines) is 1. The van der Waals surface area contributed by atoms with E-state index in [1.807, 2.05) is 20.8 Å². The Morgan fingerprint density at radius 1 is 1.21 bits per heavy atom. The lowest BCUT2D eigenvalue weighted by atomic mass is 10.0. The molecule has 0 saturated carbocycles. The van der Waals surface area contributed by atoms with Crippen molar-refractivity contribution in [2.24, 2.45) is 0 Å². The predicted octanol–water partition coefficient (Wildman–Crippen LogP) is 4.11. The number of aromatic nitrogens is 3. The molecule has 2 atom stereocenters. The normalized spacial score (nSPS) is 19.0. The zero-order chi connectivity index (χ0) is 23.8. The lowest BCUT2D eigenvalue weighted by molar-refractivity contribution is -0.0102. The van der Waals surface area contributed by atoms with Crippen LogP contribution >= 0.6 is 0 Å². The molecule has 3 heterocycles. The van der Waals surface area contributed by atoms with Gasteiger partial charge in [-0.15, -0.1) is 5.10 Å². The Morgan fingerprint density at radius 2 is 2.00 bits per heavy atom. The molecule has 0 bridgehead atoms. The van der Waals surface area contributed by atoms with Gasteiger partial charge in [0.2, 0.25) is 5.95 Å². The van der Waals surface area contributed by atoms with E-state index in [-0.39, 0.29) is 18.2 Å². The first-order chi connectivity index (χ1) is 15.6. The number of nitrogens with zero attached hydrogens (tertiary/aromatic N) is 4. The van der Waals surface area contributed by atoms with Crippen LogP contribution in [0.15, 0.2) is 36.5 Å². The van der Waals surface area contributed by atoms with E-state index in [1.165, 1.54) is 6.07 Å². The summed E-state index contributed by atoms with van der Waals surface area (Å²) in [6, 6.07) is 7.14. The third kappa shape index (κ3) is 5.05. The maximum Gasteiger partial charge on any atom is 0.410 e. The molecule has 2 unspecified atom stereocenters. The van der Waals surface area contributed by atoms with E-state index in [1.54, 1.807) is 34.9 Å². The molecule has 1 aromatic carbocycles. The largest absolute Gasteiger partial charge is 0.444 e. The molecule has 0 radical (unpaired) electrons. The number of benzene rings is 1. The molecule has 1 saturated heterocycles. The van der Waals surface area contributed by atoms with Gasteiger partial charge in [0.05, 0.1) is 18.7 Å². The first-order valence-corrected chi connectivity index (χ1v) is 10.7. The summed E-state index contributed by atoms with van der Waals surface area (Å²) < 4.78 is 39.8. The number of rotatable bonds is 4. The van der Waals surface area contributed by atoms with E-state index < -0.39 is 17.2 Å². The summed E-state index contributed by atoms with van der Waals surface area (Å²) in [5, 5.41) is 7.77. The van der Waals surface area contributed by atoms with Crippen LogP contribution in [0.4, 0.5) is 19.5 Å². The summed E-state index contributed by atoms with van der Waals surface area (Å²) in [7, 11) is 1.59. The summed E-state index contributed by atoms with van der Waals surface area (Å²) in [5.41, 5.74) is 1.06. The minimum Gasteiger partial charge on any atom is -0.444 e. The van der Waals surface area contributed by atoms with Gasteiger partial charge in [-0.1, -0.05) is 6.07 Å². The molecular weight excluding hydrogens is 432 g/mol. The number of pyridine rings is 1. The van der Waals surface area contributed by atoms with Crippen molar-refractivity contribution in [3.63, 3.8) is 0 Å². The second-order valence-corrected chi connectivity index (χ2v) is 8.99. The monoisotopic (exact) mass is 459 g/mol. The van der Waals surface area contributed by atoms with Crippen molar-refractivity contribution in [1.29, 1.82) is 0 Å². The number of hydrogen-bond acceptors (Lipinski definition) is 6. The van der Waals surface area contributed by atoms with E-state index in [2.05, 4.69) is 15.4 Å². The van der Waals surface area contributed by atoms with E-state index >= 15 is 0 Å². The Labute approximate surface area is 190 Å². The first-order valence-electron chi connectivity index (χ1n) is 10.7. The van der Waals surface area contributed by atoms with E-state index in [9.17, 15) is 13.6 Å². The van der Waals surface area contributed by atoms with Gasteiger partial charge < -0.3 is 19.7 Å². The Balaban J connectivity index is 1.52. The van der Waals surface area contributed by atoms with Crippen LogP contribution in [0, 0.1) is 11.6 Å². The molecule has 10 heteroatoms. The number of nitrogens with one attached hydrogen (secondary N) is 1. The number of hydrogen-bond donors (Lipinski definition) is 1. The van der Waals surface area contributed by atoms with Gasteiger partial charge in [-0.25, -0.2) is 18.1 Å². The van der Waals surface area contributed by atoms with Crippen molar-refractivity contribution in [2.75, 3.05) is 25.5 Å². The SMILES string of the molecule is COC1CN(C(=O)OC(C)(C)C)CCC1Nc1nc2c(-c3ccc(F)c(F)c3)cccn2n1. The number of piperidine rings is 1. The van der Waals surface area contributed by atoms with E-state index in [0.29, 0.717) is 42.2 Å². The number of carbonyl (C=O) groups is 1. The summed E-state index contributed by atoms with van der Waals surface area (Å²) in [6.07, 6.45) is 1.69. The van der Waals surface area contributed by atoms with Crippen LogP contribution in [0.3, 0.4) is 0 Å². The Bertz CT molecular complexity index is 1160. The smallest absolute Gasteiger partial charge is 0.410 e. The van der Waals surface area contributed by atoms with Crippen LogP contribution in [0.1, 0.15) is 27.2 Å². The van der Waals surface area contributed by atoms with Gasteiger partial charge in [0, 0.05) is 25.4 Å². The highest BCUT2D eigenvalue weighted by Gasteiger charge is 2.34. The maximum absolute atomic E-state index is 13.8. The van der Waals surface area contributed by atoms with Gasteiger partial charge in [0.25, 0.3) is 0 Å². The molecule has 0 aliphatic carbocycles. The molecule has 4 rings (SSSR count). The molecule has 2 aromatic heterocycles. The molecule has 176 valence electrons. The molecule has 1 aliphatic heterocycles. The molecule has 3 aromatic rings. The molecule has 1 fully saturated rings. The van der Waals surface area contributed by atoms with Crippen LogP contribution in [0.2, 0.25) is 0 Å². The van der Waals surface area contributed by atoms with Crippen molar-refractivity contribution in [3.8, 4) is 11.1 Å². The first kappa shape index (κ1) is 22.9. The molecular formula is C23H27F2N5O3. The fraction of sp³-hybridized carbons (Fsp3) is 0.435. The zero-order valence-corrected chi connectivity index (χ0v) is 19.0. The number of amides is 1. The average molecular weight is 459 g/mol. The van der Waals surface area contributed by atoms with Crippen LogP contribution in [0.25, 0.3) is 16.8 Å². The molecule has 0 spiro atoms. The molecule has 1 aliphatic rings. The summed E-state index contributed by atoms with van der Waals surface area (Å²) in [6.45, 7) is 6.36.